The number of carbonyl (C=O) groups is 1. The zero-order valence-corrected chi connectivity index (χ0v) is 8.97. The van der Waals surface area contributed by atoms with Crippen molar-refractivity contribution >= 4 is 6.09 Å². The maximum absolute atomic E-state index is 11.7. The molecule has 0 aromatic heterocycles. The number of hydrogen-bond acceptors (Lipinski definition) is 3. The van der Waals surface area contributed by atoms with Crippen LogP contribution in [0.3, 0.4) is 0 Å². The smallest absolute Gasteiger partial charge is 0.422 e. The monoisotopic (exact) mass is 238 g/mol. The van der Waals surface area contributed by atoms with Gasteiger partial charge in [0.15, 0.2) is 6.61 Å². The number of carbonyl (C=O) groups excluding carboxylic acids is 1. The lowest BCUT2D eigenvalue weighted by Gasteiger charge is -2.17. The van der Waals surface area contributed by atoms with Gasteiger partial charge in [-0.3, -0.25) is 0 Å². The van der Waals surface area contributed by atoms with Crippen LogP contribution in [0.1, 0.15) is 20.3 Å². The Hall–Kier alpha value is -1.45. The predicted octanol–water partition coefficient (Wildman–Crippen LogP) is 2.21. The number of alkyl carbamates (subject to hydrolysis) is 1. The second-order valence-electron chi connectivity index (χ2n) is 3.33. The Bertz CT molecular complexity index is 273. The van der Waals surface area contributed by atoms with Crippen molar-refractivity contribution in [1.29, 1.82) is 5.26 Å². The molecule has 0 aliphatic rings. The Morgan fingerprint density at radius 3 is 2.50 bits per heavy atom. The van der Waals surface area contributed by atoms with Gasteiger partial charge in [0, 0.05) is 0 Å². The second kappa shape index (κ2) is 6.20. The minimum atomic E-state index is -4.56. The number of hydrogen-bond donors (Lipinski definition) is 1. The molecule has 0 aliphatic carbocycles. The summed E-state index contributed by atoms with van der Waals surface area (Å²) in [5.74, 6) is -0.150. The van der Waals surface area contributed by atoms with Gasteiger partial charge in [0.25, 0.3) is 0 Å². The summed E-state index contributed by atoms with van der Waals surface area (Å²) >= 11 is 0. The minimum absolute atomic E-state index is 0.150. The van der Waals surface area contributed by atoms with Crippen molar-refractivity contribution in [3.63, 3.8) is 0 Å². The summed E-state index contributed by atoms with van der Waals surface area (Å²) < 4.78 is 39.0. The first-order valence-electron chi connectivity index (χ1n) is 4.69. The van der Waals surface area contributed by atoms with Crippen molar-refractivity contribution in [3.8, 4) is 6.07 Å². The van der Waals surface area contributed by atoms with Crippen LogP contribution in [0, 0.1) is 17.2 Å². The third kappa shape index (κ3) is 6.11. The van der Waals surface area contributed by atoms with Crippen molar-refractivity contribution < 1.29 is 22.7 Å². The van der Waals surface area contributed by atoms with Crippen LogP contribution in [-0.2, 0) is 4.74 Å². The highest BCUT2D eigenvalue weighted by Crippen LogP contribution is 2.14. The van der Waals surface area contributed by atoms with Gasteiger partial charge in [-0.2, -0.15) is 18.4 Å². The van der Waals surface area contributed by atoms with E-state index in [2.05, 4.69) is 10.1 Å². The van der Waals surface area contributed by atoms with Gasteiger partial charge in [-0.05, 0) is 5.92 Å². The zero-order valence-electron chi connectivity index (χ0n) is 8.97. The third-order valence-electron chi connectivity index (χ3n) is 1.99. The lowest BCUT2D eigenvalue weighted by Crippen LogP contribution is -2.39. The molecule has 16 heavy (non-hydrogen) atoms. The van der Waals surface area contributed by atoms with E-state index in [0.29, 0.717) is 6.42 Å². The molecule has 92 valence electrons. The number of nitriles is 1. The lowest BCUT2D eigenvalue weighted by atomic mass is 10.0. The fourth-order valence-corrected chi connectivity index (χ4v) is 0.853. The predicted molar refractivity (Wildman–Crippen MR) is 49.4 cm³/mol. The van der Waals surface area contributed by atoms with Crippen LogP contribution < -0.4 is 5.32 Å². The molecular formula is C9H13F3N2O2. The molecule has 0 saturated heterocycles. The van der Waals surface area contributed by atoms with Crippen LogP contribution in [0.15, 0.2) is 0 Å². The molecule has 2 atom stereocenters. The van der Waals surface area contributed by atoms with Gasteiger partial charge >= 0.3 is 12.3 Å². The molecule has 4 nitrogen and oxygen atoms in total. The molecule has 0 aromatic rings. The fourth-order valence-electron chi connectivity index (χ4n) is 0.853. The summed E-state index contributed by atoms with van der Waals surface area (Å²) in [7, 11) is 0. The van der Waals surface area contributed by atoms with E-state index in [4.69, 9.17) is 5.26 Å². The number of halogens is 3. The molecule has 1 amide bonds. The van der Waals surface area contributed by atoms with Crippen LogP contribution in [0.2, 0.25) is 0 Å². The third-order valence-corrected chi connectivity index (χ3v) is 1.99. The number of ether oxygens (including phenoxy) is 1. The number of nitrogens with zero attached hydrogens (tertiary/aromatic N) is 1. The van der Waals surface area contributed by atoms with E-state index in [1.165, 1.54) is 0 Å². The van der Waals surface area contributed by atoms with E-state index < -0.39 is 24.9 Å². The molecule has 1 N–H and O–H groups in total. The second-order valence-corrected chi connectivity index (χ2v) is 3.33. The summed E-state index contributed by atoms with van der Waals surface area (Å²) in [6.07, 6.45) is -5.17. The lowest BCUT2D eigenvalue weighted by molar-refractivity contribution is -0.160. The first-order valence-corrected chi connectivity index (χ1v) is 4.69. The Morgan fingerprint density at radius 2 is 2.12 bits per heavy atom. The first-order chi connectivity index (χ1) is 7.30. The van der Waals surface area contributed by atoms with Gasteiger partial charge < -0.3 is 10.1 Å². The van der Waals surface area contributed by atoms with Gasteiger partial charge in [-0.25, -0.2) is 4.79 Å². The van der Waals surface area contributed by atoms with Gasteiger partial charge in [-0.15, -0.1) is 0 Å². The molecule has 0 rings (SSSR count). The van der Waals surface area contributed by atoms with Gasteiger partial charge in [0.2, 0.25) is 0 Å². The highest BCUT2D eigenvalue weighted by atomic mass is 19.4. The van der Waals surface area contributed by atoms with E-state index in [9.17, 15) is 18.0 Å². The van der Waals surface area contributed by atoms with Crippen LogP contribution >= 0.6 is 0 Å². The minimum Gasteiger partial charge on any atom is -0.440 e. The molecule has 0 spiro atoms. The average molecular weight is 238 g/mol. The Morgan fingerprint density at radius 1 is 1.56 bits per heavy atom. The van der Waals surface area contributed by atoms with Crippen molar-refractivity contribution in [2.75, 3.05) is 6.61 Å². The number of alkyl halides is 3. The van der Waals surface area contributed by atoms with Crippen molar-refractivity contribution in [1.82, 2.24) is 5.32 Å². The summed E-state index contributed by atoms with van der Waals surface area (Å²) in [5.41, 5.74) is 0. The molecule has 7 heteroatoms. The fraction of sp³-hybridized carbons (Fsp3) is 0.778. The summed E-state index contributed by atoms with van der Waals surface area (Å²) in [6.45, 7) is 1.85. The zero-order chi connectivity index (χ0) is 12.8. The molecular weight excluding hydrogens is 225 g/mol. The number of nitrogens with one attached hydrogen (secondary N) is 1. The highest BCUT2D eigenvalue weighted by molar-refractivity contribution is 5.68. The van der Waals surface area contributed by atoms with Crippen LogP contribution in [0.5, 0.6) is 0 Å². The SMILES string of the molecule is CC[C@H](C)C(C#N)NC(=O)OCC(F)(F)F. The molecule has 0 fully saturated rings. The van der Waals surface area contributed by atoms with Gasteiger partial charge in [0.1, 0.15) is 6.04 Å². The molecule has 0 aromatic carbocycles. The summed E-state index contributed by atoms with van der Waals surface area (Å²) in [6, 6.07) is 0.946. The Balaban J connectivity index is 4.08. The van der Waals surface area contributed by atoms with Gasteiger partial charge in [0.05, 0.1) is 6.07 Å². The van der Waals surface area contributed by atoms with Crippen molar-refractivity contribution in [3.05, 3.63) is 0 Å². The summed E-state index contributed by atoms with van der Waals surface area (Å²) in [5, 5.41) is 10.7. The average Bonchev–Trinajstić information content (AvgIpc) is 2.21. The maximum Gasteiger partial charge on any atom is 0.422 e. The number of rotatable bonds is 4. The topological polar surface area (TPSA) is 62.1 Å². The quantitative estimate of drug-likeness (QED) is 0.816. The molecule has 0 aliphatic heterocycles. The summed E-state index contributed by atoms with van der Waals surface area (Å²) in [4.78, 5) is 10.9. The van der Waals surface area contributed by atoms with E-state index >= 15 is 0 Å². The largest absolute Gasteiger partial charge is 0.440 e. The normalized spacial score (nSPS) is 14.8. The highest BCUT2D eigenvalue weighted by Gasteiger charge is 2.30. The number of amides is 1. The van der Waals surface area contributed by atoms with Gasteiger partial charge in [-0.1, -0.05) is 20.3 Å². The van der Waals surface area contributed by atoms with E-state index in [1.807, 2.05) is 0 Å². The van der Waals surface area contributed by atoms with Crippen LogP contribution in [0.4, 0.5) is 18.0 Å². The van der Waals surface area contributed by atoms with Crippen LogP contribution in [0.25, 0.3) is 0 Å². The Kier molecular flexibility index (Phi) is 5.64. The molecule has 0 radical (unpaired) electrons. The molecule has 0 heterocycles. The van der Waals surface area contributed by atoms with Crippen LogP contribution in [-0.4, -0.2) is 24.9 Å². The van der Waals surface area contributed by atoms with E-state index in [1.54, 1.807) is 19.9 Å². The molecule has 0 saturated carbocycles. The standard InChI is InChI=1S/C9H13F3N2O2/c1-3-6(2)7(4-13)14-8(15)16-5-9(10,11)12/h6-7H,3,5H2,1-2H3,(H,14,15)/t6-,7?/m0/s1. The van der Waals surface area contributed by atoms with Crippen molar-refractivity contribution in [2.45, 2.75) is 32.5 Å². The van der Waals surface area contributed by atoms with E-state index in [-0.39, 0.29) is 5.92 Å². The Labute approximate surface area is 91.4 Å². The molecule has 1 unspecified atom stereocenters. The molecule has 0 bridgehead atoms. The first kappa shape index (κ1) is 14.6. The maximum atomic E-state index is 11.7. The van der Waals surface area contributed by atoms with E-state index in [0.717, 1.165) is 0 Å². The van der Waals surface area contributed by atoms with Crippen molar-refractivity contribution in [2.24, 2.45) is 5.92 Å².